The zero-order chi connectivity index (χ0) is 41.2. The maximum Gasteiger partial charge on any atom is 0.353 e. The molecule has 1 fully saturated rings. The highest BCUT2D eigenvalue weighted by Crippen LogP contribution is 2.46. The van der Waals surface area contributed by atoms with Crippen molar-refractivity contribution in [1.29, 1.82) is 0 Å². The lowest BCUT2D eigenvalue weighted by atomic mass is 9.88. The van der Waals surface area contributed by atoms with Crippen LogP contribution in [-0.2, 0) is 41.7 Å². The number of carbonyl (C=O) groups excluding carboxylic acids is 4. The molecule has 12 nitrogen and oxygen atoms in total. The van der Waals surface area contributed by atoms with Crippen LogP contribution in [0.4, 0.5) is 0 Å². The second-order valence-corrected chi connectivity index (χ2v) is 18.5. The zero-order valence-electron chi connectivity index (χ0n) is 33.4. The minimum Gasteiger partial charge on any atom is -0.504 e. The van der Waals surface area contributed by atoms with E-state index in [9.17, 15) is 29.4 Å². The standard InChI is InChI=1S/C42H50N4O8S2/c1-25(47)37-30(16-14-27-10-12-29(13-11-27)22-46(8,9)19-18-28-15-17-33(48)34(49)20-28)23-56-39-31(38(51)45(37)39)21-35(50)36(32-24-55-26(2)43-32)44-54-42(6,7)40(52)53-41(3,4)5/h10-17,20,24,31,39H,18-19,21-23H2,1-9H3,(H-,44,48,49,50)/p+1/t31-,39-/m1/s1. The van der Waals surface area contributed by atoms with Crippen molar-refractivity contribution in [2.45, 2.75) is 84.4 Å². The number of nitrogens with zero attached hydrogens (tertiary/aromatic N) is 4. The maximum absolute atomic E-state index is 13.8. The SMILES string of the molecule is CC(=O)C1=C(C=Cc2ccc(C[N+](C)(C)CCc3ccc(O)c(O)c3)cc2)CS[C@@H]2[C@H](CC(=O)/C(=N\OC(C)(C)C(=O)OC(C)(C)C)c3csc(C)n3)C(=O)N12. The maximum atomic E-state index is 13.8. The number of thiazole rings is 1. The summed E-state index contributed by atoms with van der Waals surface area (Å²) < 4.78 is 6.18. The van der Waals surface area contributed by atoms with Crippen molar-refractivity contribution in [2.24, 2.45) is 11.1 Å². The molecular weight excluding hydrogens is 753 g/mol. The van der Waals surface area contributed by atoms with Gasteiger partial charge in [0.2, 0.25) is 11.5 Å². The number of carbonyl (C=O) groups is 4. The number of rotatable bonds is 15. The van der Waals surface area contributed by atoms with E-state index in [2.05, 4.69) is 36.4 Å². The zero-order valence-corrected chi connectivity index (χ0v) is 35.0. The Hall–Kier alpha value is -4.79. The Morgan fingerprint density at radius 2 is 1.70 bits per heavy atom. The Balaban J connectivity index is 1.25. The number of oxime groups is 1. The smallest absolute Gasteiger partial charge is 0.353 e. The van der Waals surface area contributed by atoms with E-state index in [1.165, 1.54) is 54.8 Å². The average molecular weight is 804 g/mol. The molecule has 3 aromatic rings. The van der Waals surface area contributed by atoms with Crippen LogP contribution in [0.2, 0.25) is 0 Å². The van der Waals surface area contributed by atoms with Gasteiger partial charge in [-0.05, 0) is 70.4 Å². The summed E-state index contributed by atoms with van der Waals surface area (Å²) in [6.07, 6.45) is 4.39. The van der Waals surface area contributed by atoms with Crippen molar-refractivity contribution in [3.8, 4) is 11.5 Å². The summed E-state index contributed by atoms with van der Waals surface area (Å²) in [6, 6.07) is 13.1. The van der Waals surface area contributed by atoms with Crippen LogP contribution >= 0.6 is 23.1 Å². The van der Waals surface area contributed by atoms with Gasteiger partial charge in [-0.15, -0.1) is 23.1 Å². The number of fused-ring (bicyclic) bond motifs is 1. The first-order valence-corrected chi connectivity index (χ1v) is 20.3. The van der Waals surface area contributed by atoms with Crippen LogP contribution in [0.3, 0.4) is 0 Å². The van der Waals surface area contributed by atoms with E-state index in [4.69, 9.17) is 9.57 Å². The summed E-state index contributed by atoms with van der Waals surface area (Å²) in [5, 5.41) is 25.5. The molecule has 2 aliphatic rings. The van der Waals surface area contributed by atoms with E-state index in [0.29, 0.717) is 16.5 Å². The molecule has 2 aromatic carbocycles. The normalized spacial score (nSPS) is 17.8. The fourth-order valence-electron chi connectivity index (χ4n) is 6.33. The minimum absolute atomic E-state index is 0.0900. The monoisotopic (exact) mass is 803 g/mol. The molecule has 2 N–H and O–H groups in total. The Labute approximate surface area is 336 Å². The lowest BCUT2D eigenvalue weighted by Gasteiger charge is -2.49. The van der Waals surface area contributed by atoms with Gasteiger partial charge < -0.3 is 24.3 Å². The molecule has 0 bridgehead atoms. The molecule has 1 saturated heterocycles. The average Bonchev–Trinajstić information content (AvgIpc) is 3.54. The number of amides is 1. The van der Waals surface area contributed by atoms with Gasteiger partial charge in [0.1, 0.15) is 17.8 Å². The van der Waals surface area contributed by atoms with Gasteiger partial charge >= 0.3 is 5.97 Å². The number of benzene rings is 2. The quantitative estimate of drug-likeness (QED) is 0.0431. The molecule has 0 radical (unpaired) electrons. The Morgan fingerprint density at radius 1 is 1.02 bits per heavy atom. The van der Waals surface area contributed by atoms with E-state index in [1.807, 2.05) is 30.4 Å². The van der Waals surface area contributed by atoms with Gasteiger partial charge in [0.05, 0.1) is 42.6 Å². The number of ketones is 2. The van der Waals surface area contributed by atoms with E-state index < -0.39 is 34.2 Å². The first-order valence-electron chi connectivity index (χ1n) is 18.4. The summed E-state index contributed by atoms with van der Waals surface area (Å²) in [6.45, 7) is 13.1. The van der Waals surface area contributed by atoms with Gasteiger partial charge in [-0.3, -0.25) is 19.3 Å². The van der Waals surface area contributed by atoms with Gasteiger partial charge in [0.15, 0.2) is 28.8 Å². The summed E-state index contributed by atoms with van der Waals surface area (Å²) in [4.78, 5) is 64.8. The predicted molar refractivity (Wildman–Crippen MR) is 218 cm³/mol. The molecule has 1 aromatic heterocycles. The lowest BCUT2D eigenvalue weighted by molar-refractivity contribution is -0.903. The predicted octanol–water partition coefficient (Wildman–Crippen LogP) is 6.57. The molecule has 56 heavy (non-hydrogen) atoms. The van der Waals surface area contributed by atoms with Gasteiger partial charge in [0.25, 0.3) is 0 Å². The van der Waals surface area contributed by atoms with Crippen LogP contribution in [0.5, 0.6) is 11.5 Å². The van der Waals surface area contributed by atoms with Crippen LogP contribution < -0.4 is 0 Å². The highest BCUT2D eigenvalue weighted by molar-refractivity contribution is 8.00. The van der Waals surface area contributed by atoms with Crippen molar-refractivity contribution in [3.05, 3.63) is 92.6 Å². The number of allylic oxidation sites excluding steroid dienone is 2. The summed E-state index contributed by atoms with van der Waals surface area (Å²) in [5.74, 6) is -2.10. The van der Waals surface area contributed by atoms with Crippen LogP contribution in [0.15, 0.2) is 70.3 Å². The fraction of sp³-hybridized carbons (Fsp3) is 0.429. The van der Waals surface area contributed by atoms with Crippen LogP contribution in [-0.4, -0.2) is 96.7 Å². The Kier molecular flexibility index (Phi) is 12.7. The van der Waals surface area contributed by atoms with E-state index >= 15 is 0 Å². The third kappa shape index (κ3) is 10.3. The van der Waals surface area contributed by atoms with Gasteiger partial charge in [-0.2, -0.15) is 0 Å². The van der Waals surface area contributed by atoms with Crippen molar-refractivity contribution >= 4 is 58.3 Å². The number of aryl methyl sites for hydroxylation is 1. The van der Waals surface area contributed by atoms with Crippen molar-refractivity contribution in [1.82, 2.24) is 9.88 Å². The molecule has 0 aliphatic carbocycles. The molecule has 298 valence electrons. The molecule has 0 unspecified atom stereocenters. The number of phenolic OH excluding ortho intramolecular Hbond substituents is 2. The second-order valence-electron chi connectivity index (χ2n) is 16.3. The van der Waals surface area contributed by atoms with E-state index in [-0.39, 0.29) is 41.0 Å². The lowest BCUT2D eigenvalue weighted by Crippen LogP contribution is -2.61. The number of aromatic nitrogens is 1. The van der Waals surface area contributed by atoms with Crippen LogP contribution in [0, 0.1) is 12.8 Å². The number of β-lactam (4-membered cyclic amide) rings is 1. The number of quaternary nitrogens is 1. The van der Waals surface area contributed by atoms with Crippen molar-refractivity contribution < 1.29 is 43.4 Å². The first kappa shape index (κ1) is 42.4. The van der Waals surface area contributed by atoms with Crippen LogP contribution in [0.25, 0.3) is 6.08 Å². The summed E-state index contributed by atoms with van der Waals surface area (Å²) in [5.41, 5.74) is 2.07. The van der Waals surface area contributed by atoms with Gasteiger partial charge in [-0.25, -0.2) is 9.78 Å². The molecule has 0 spiro atoms. The molecular formula is C42H51N4O8S2+. The number of phenols is 2. The topological polar surface area (TPSA) is 156 Å². The van der Waals surface area contributed by atoms with Gasteiger partial charge in [-0.1, -0.05) is 47.6 Å². The molecule has 2 aliphatic heterocycles. The number of thioether (sulfide) groups is 1. The number of likely N-dealkylation sites (N-methyl/N-ethyl adjacent to an activating group) is 1. The highest BCUT2D eigenvalue weighted by atomic mass is 32.2. The Morgan fingerprint density at radius 3 is 2.30 bits per heavy atom. The molecule has 0 saturated carbocycles. The molecule has 5 rings (SSSR count). The minimum atomic E-state index is -1.50. The van der Waals surface area contributed by atoms with Crippen molar-refractivity contribution in [3.63, 3.8) is 0 Å². The number of hydrogen-bond donors (Lipinski definition) is 2. The first-order chi connectivity index (χ1) is 26.1. The Bertz CT molecular complexity index is 2090. The van der Waals surface area contributed by atoms with Crippen LogP contribution in [0.1, 0.15) is 75.4 Å². The third-order valence-corrected chi connectivity index (χ3v) is 11.5. The molecule has 2 atom stereocenters. The number of aromatic hydroxyl groups is 2. The third-order valence-electron chi connectivity index (χ3n) is 9.34. The fourth-order valence-corrected chi connectivity index (χ4v) is 8.31. The number of ether oxygens (including phenoxy) is 1. The van der Waals surface area contributed by atoms with Crippen molar-refractivity contribution in [2.75, 3.05) is 26.4 Å². The summed E-state index contributed by atoms with van der Waals surface area (Å²) >= 11 is 2.83. The number of Topliss-reactive ketones (excluding diaryl/α,β-unsaturated/α-hetero) is 2. The number of esters is 1. The van der Waals surface area contributed by atoms with Gasteiger partial charge in [0, 0.05) is 36.5 Å². The highest BCUT2D eigenvalue weighted by Gasteiger charge is 2.53. The second kappa shape index (κ2) is 16.7. The molecule has 1 amide bonds. The van der Waals surface area contributed by atoms with E-state index in [1.54, 1.807) is 39.1 Å². The largest absolute Gasteiger partial charge is 0.504 e. The summed E-state index contributed by atoms with van der Waals surface area (Å²) in [7, 11) is 4.29. The number of hydrogen-bond acceptors (Lipinski definition) is 12. The molecule has 3 heterocycles. The van der Waals surface area contributed by atoms with E-state index in [0.717, 1.165) is 46.3 Å². The molecule has 14 heteroatoms.